The predicted molar refractivity (Wildman–Crippen MR) is 97.4 cm³/mol. The molecule has 5 heteroatoms. The van der Waals surface area contributed by atoms with Gasteiger partial charge < -0.3 is 19.5 Å². The van der Waals surface area contributed by atoms with Crippen molar-refractivity contribution in [3.8, 4) is 17.2 Å². The molecular weight excluding hydrogens is 318 g/mol. The van der Waals surface area contributed by atoms with Crippen molar-refractivity contribution in [2.75, 3.05) is 26.4 Å². The molecule has 25 heavy (non-hydrogen) atoms. The van der Waals surface area contributed by atoms with Crippen molar-refractivity contribution in [3.63, 3.8) is 0 Å². The first kappa shape index (κ1) is 18.6. The van der Waals surface area contributed by atoms with Crippen molar-refractivity contribution in [1.29, 1.82) is 0 Å². The molecule has 0 saturated carbocycles. The van der Waals surface area contributed by atoms with Crippen LogP contribution in [0.25, 0.3) is 0 Å². The maximum Gasteiger partial charge on any atom is 0.258 e. The van der Waals surface area contributed by atoms with Gasteiger partial charge in [0.2, 0.25) is 0 Å². The average Bonchev–Trinajstić information content (AvgIpc) is 2.64. The summed E-state index contributed by atoms with van der Waals surface area (Å²) in [5.41, 5.74) is 1.18. The second-order valence-corrected chi connectivity index (χ2v) is 5.62. The van der Waals surface area contributed by atoms with Crippen molar-refractivity contribution in [1.82, 2.24) is 5.32 Å². The first-order valence-corrected chi connectivity index (χ1v) is 8.49. The Kier molecular flexibility index (Phi) is 7.63. The summed E-state index contributed by atoms with van der Waals surface area (Å²) in [6.45, 7) is 5.59. The number of hydrogen-bond donors (Lipinski definition) is 1. The van der Waals surface area contributed by atoms with Crippen molar-refractivity contribution in [2.24, 2.45) is 0 Å². The van der Waals surface area contributed by atoms with Gasteiger partial charge in [-0.15, -0.1) is 0 Å². The molecule has 2 rings (SSSR count). The van der Waals surface area contributed by atoms with Crippen LogP contribution in [0.1, 0.15) is 18.9 Å². The number of ether oxygens (including phenoxy) is 3. The SMILES string of the molecule is CCCOc1ccc(OCC(=O)NCCOc2ccc(C)cc2)cc1. The second kappa shape index (κ2) is 10.2. The first-order valence-electron chi connectivity index (χ1n) is 8.49. The first-order chi connectivity index (χ1) is 12.2. The highest BCUT2D eigenvalue weighted by molar-refractivity contribution is 5.77. The maximum absolute atomic E-state index is 11.8. The number of aryl methyl sites for hydroxylation is 1. The highest BCUT2D eigenvalue weighted by Crippen LogP contribution is 2.17. The predicted octanol–water partition coefficient (Wildman–Crippen LogP) is 3.36. The second-order valence-electron chi connectivity index (χ2n) is 5.62. The highest BCUT2D eigenvalue weighted by Gasteiger charge is 2.03. The minimum atomic E-state index is -0.182. The molecule has 0 radical (unpaired) electrons. The quantitative estimate of drug-likeness (QED) is 0.672. The Bertz CT molecular complexity index is 638. The molecule has 0 heterocycles. The van der Waals surface area contributed by atoms with Gasteiger partial charge in [0.05, 0.1) is 13.2 Å². The minimum absolute atomic E-state index is 0.0281. The Morgan fingerprint density at radius 2 is 1.36 bits per heavy atom. The van der Waals surface area contributed by atoms with Gasteiger partial charge in [-0.3, -0.25) is 4.79 Å². The molecule has 2 aromatic rings. The summed E-state index contributed by atoms with van der Waals surface area (Å²) >= 11 is 0. The number of hydrogen-bond acceptors (Lipinski definition) is 4. The Balaban J connectivity index is 1.61. The van der Waals surface area contributed by atoms with Gasteiger partial charge in [-0.2, -0.15) is 0 Å². The van der Waals surface area contributed by atoms with Gasteiger partial charge in [-0.05, 0) is 49.7 Å². The summed E-state index contributed by atoms with van der Waals surface area (Å²) in [5, 5.41) is 2.76. The van der Waals surface area contributed by atoms with Gasteiger partial charge in [0, 0.05) is 0 Å². The van der Waals surface area contributed by atoms with Crippen molar-refractivity contribution in [2.45, 2.75) is 20.3 Å². The zero-order valence-corrected chi connectivity index (χ0v) is 14.8. The number of rotatable bonds is 10. The molecule has 0 atom stereocenters. The van der Waals surface area contributed by atoms with E-state index in [0.717, 1.165) is 17.9 Å². The van der Waals surface area contributed by atoms with Gasteiger partial charge in [-0.25, -0.2) is 0 Å². The van der Waals surface area contributed by atoms with Crippen LogP contribution in [-0.2, 0) is 4.79 Å². The molecule has 0 aliphatic carbocycles. The highest BCUT2D eigenvalue weighted by atomic mass is 16.5. The van der Waals surface area contributed by atoms with Crippen LogP contribution in [0.4, 0.5) is 0 Å². The zero-order chi connectivity index (χ0) is 17.9. The van der Waals surface area contributed by atoms with Crippen LogP contribution in [0, 0.1) is 6.92 Å². The fourth-order valence-electron chi connectivity index (χ4n) is 2.05. The van der Waals surface area contributed by atoms with Crippen LogP contribution >= 0.6 is 0 Å². The van der Waals surface area contributed by atoms with E-state index < -0.39 is 0 Å². The van der Waals surface area contributed by atoms with Crippen LogP contribution in [-0.4, -0.2) is 32.3 Å². The number of amides is 1. The summed E-state index contributed by atoms with van der Waals surface area (Å²) in [6, 6.07) is 15.0. The van der Waals surface area contributed by atoms with Crippen LogP contribution in [0.2, 0.25) is 0 Å². The van der Waals surface area contributed by atoms with E-state index in [2.05, 4.69) is 12.2 Å². The molecule has 0 saturated heterocycles. The molecule has 134 valence electrons. The monoisotopic (exact) mass is 343 g/mol. The van der Waals surface area contributed by atoms with Crippen LogP contribution in [0.3, 0.4) is 0 Å². The number of benzene rings is 2. The molecule has 0 spiro atoms. The summed E-state index contributed by atoms with van der Waals surface area (Å²) < 4.78 is 16.5. The van der Waals surface area contributed by atoms with Crippen molar-refractivity contribution in [3.05, 3.63) is 54.1 Å². The summed E-state index contributed by atoms with van der Waals surface area (Å²) in [7, 11) is 0. The maximum atomic E-state index is 11.8. The van der Waals surface area contributed by atoms with E-state index in [1.54, 1.807) is 12.1 Å². The molecule has 0 bridgehead atoms. The minimum Gasteiger partial charge on any atom is -0.494 e. The standard InChI is InChI=1S/C20H25NO4/c1-3-13-23-18-8-10-19(11-9-18)25-15-20(22)21-12-14-24-17-6-4-16(2)5-7-17/h4-11H,3,12-15H2,1-2H3,(H,21,22). The van der Waals surface area contributed by atoms with E-state index in [4.69, 9.17) is 14.2 Å². The van der Waals surface area contributed by atoms with Gasteiger partial charge in [0.1, 0.15) is 23.9 Å². The van der Waals surface area contributed by atoms with E-state index in [-0.39, 0.29) is 12.5 Å². The molecule has 5 nitrogen and oxygen atoms in total. The summed E-state index contributed by atoms with van der Waals surface area (Å²) in [6.07, 6.45) is 0.964. The van der Waals surface area contributed by atoms with Crippen molar-refractivity contribution >= 4 is 5.91 Å². The zero-order valence-electron chi connectivity index (χ0n) is 14.8. The molecule has 2 aromatic carbocycles. The molecule has 0 aromatic heterocycles. The number of carbonyl (C=O) groups excluding carboxylic acids is 1. The Labute approximate surface area is 148 Å². The molecule has 0 fully saturated rings. The van der Waals surface area contributed by atoms with E-state index >= 15 is 0 Å². The van der Waals surface area contributed by atoms with Gasteiger partial charge in [-0.1, -0.05) is 24.6 Å². The summed E-state index contributed by atoms with van der Waals surface area (Å²) in [5.74, 6) is 2.04. The summed E-state index contributed by atoms with van der Waals surface area (Å²) in [4.78, 5) is 11.8. The average molecular weight is 343 g/mol. The molecular formula is C20H25NO4. The molecule has 0 aliphatic heterocycles. The van der Waals surface area contributed by atoms with Gasteiger partial charge in [0.15, 0.2) is 6.61 Å². The van der Waals surface area contributed by atoms with E-state index in [9.17, 15) is 4.79 Å². The third-order valence-corrected chi connectivity index (χ3v) is 3.38. The van der Waals surface area contributed by atoms with E-state index in [0.29, 0.717) is 25.5 Å². The van der Waals surface area contributed by atoms with E-state index in [1.807, 2.05) is 43.3 Å². The molecule has 1 amide bonds. The lowest BCUT2D eigenvalue weighted by atomic mass is 10.2. The number of carbonyl (C=O) groups is 1. The largest absolute Gasteiger partial charge is 0.494 e. The van der Waals surface area contributed by atoms with Crippen LogP contribution < -0.4 is 19.5 Å². The Morgan fingerprint density at radius 1 is 0.840 bits per heavy atom. The molecule has 0 aliphatic rings. The smallest absolute Gasteiger partial charge is 0.258 e. The molecule has 1 N–H and O–H groups in total. The molecule has 0 unspecified atom stereocenters. The third-order valence-electron chi connectivity index (χ3n) is 3.38. The lowest BCUT2D eigenvalue weighted by Crippen LogP contribution is -2.32. The normalized spacial score (nSPS) is 10.2. The van der Waals surface area contributed by atoms with E-state index in [1.165, 1.54) is 5.56 Å². The van der Waals surface area contributed by atoms with Crippen LogP contribution in [0.5, 0.6) is 17.2 Å². The lowest BCUT2D eigenvalue weighted by molar-refractivity contribution is -0.123. The van der Waals surface area contributed by atoms with Crippen LogP contribution in [0.15, 0.2) is 48.5 Å². The van der Waals surface area contributed by atoms with Gasteiger partial charge >= 0.3 is 0 Å². The number of nitrogens with one attached hydrogen (secondary N) is 1. The lowest BCUT2D eigenvalue weighted by Gasteiger charge is -2.10. The third kappa shape index (κ3) is 7.16. The van der Waals surface area contributed by atoms with Gasteiger partial charge in [0.25, 0.3) is 5.91 Å². The Hall–Kier alpha value is -2.69. The fourth-order valence-corrected chi connectivity index (χ4v) is 2.05. The Morgan fingerprint density at radius 3 is 1.96 bits per heavy atom. The van der Waals surface area contributed by atoms with Crippen molar-refractivity contribution < 1.29 is 19.0 Å². The fraction of sp³-hybridized carbons (Fsp3) is 0.350. The topological polar surface area (TPSA) is 56.8 Å².